The van der Waals surface area contributed by atoms with E-state index < -0.39 is 7.82 Å². The highest BCUT2D eigenvalue weighted by Crippen LogP contribution is 2.50. The SMILES string of the molecule is CCC1COP(=O)(O)O1. The predicted octanol–water partition coefficient (Wildman–Crippen LogP) is 0.912. The average molecular weight is 152 g/mol. The smallest absolute Gasteiger partial charge is 0.302 e. The second-order valence-electron chi connectivity index (χ2n) is 1.90. The fourth-order valence-electron chi connectivity index (χ4n) is 0.619. The number of phosphoric ester groups is 1. The summed E-state index contributed by atoms with van der Waals surface area (Å²) >= 11 is 0. The first-order valence-electron chi connectivity index (χ1n) is 2.80. The Morgan fingerprint density at radius 3 is 2.78 bits per heavy atom. The van der Waals surface area contributed by atoms with Gasteiger partial charge in [0.2, 0.25) is 0 Å². The first-order valence-corrected chi connectivity index (χ1v) is 4.29. The molecule has 1 rings (SSSR count). The molecule has 1 saturated heterocycles. The molecule has 5 heteroatoms. The van der Waals surface area contributed by atoms with E-state index in [4.69, 9.17) is 4.89 Å². The van der Waals surface area contributed by atoms with E-state index in [2.05, 4.69) is 9.05 Å². The topological polar surface area (TPSA) is 55.8 Å². The molecule has 0 aromatic carbocycles. The Hall–Kier alpha value is 0.110. The van der Waals surface area contributed by atoms with Crippen LogP contribution in [-0.4, -0.2) is 17.6 Å². The zero-order chi connectivity index (χ0) is 6.91. The van der Waals surface area contributed by atoms with Crippen molar-refractivity contribution in [3.8, 4) is 0 Å². The minimum absolute atomic E-state index is 0.194. The predicted molar refractivity (Wildman–Crippen MR) is 30.9 cm³/mol. The minimum Gasteiger partial charge on any atom is -0.302 e. The molecule has 0 aromatic rings. The number of phosphoric acid groups is 1. The van der Waals surface area contributed by atoms with Crippen molar-refractivity contribution < 1.29 is 18.5 Å². The molecule has 1 aliphatic heterocycles. The van der Waals surface area contributed by atoms with Crippen LogP contribution < -0.4 is 0 Å². The maximum absolute atomic E-state index is 10.5. The van der Waals surface area contributed by atoms with Crippen molar-refractivity contribution in [2.45, 2.75) is 19.4 Å². The maximum atomic E-state index is 10.5. The third-order valence-electron chi connectivity index (χ3n) is 1.16. The van der Waals surface area contributed by atoms with E-state index in [9.17, 15) is 4.57 Å². The van der Waals surface area contributed by atoms with Gasteiger partial charge in [0.1, 0.15) is 0 Å². The summed E-state index contributed by atoms with van der Waals surface area (Å²) < 4.78 is 19.5. The third-order valence-corrected chi connectivity index (χ3v) is 2.20. The molecule has 0 aromatic heterocycles. The highest BCUT2D eigenvalue weighted by molar-refractivity contribution is 7.47. The highest BCUT2D eigenvalue weighted by Gasteiger charge is 2.33. The highest BCUT2D eigenvalue weighted by atomic mass is 31.2. The van der Waals surface area contributed by atoms with Gasteiger partial charge in [-0.1, -0.05) is 6.92 Å². The zero-order valence-electron chi connectivity index (χ0n) is 5.11. The molecule has 0 aliphatic carbocycles. The van der Waals surface area contributed by atoms with Crippen LogP contribution in [0, 0.1) is 0 Å². The summed E-state index contributed by atoms with van der Waals surface area (Å²) in [6.45, 7) is 2.11. The van der Waals surface area contributed by atoms with Crippen LogP contribution in [0.4, 0.5) is 0 Å². The van der Waals surface area contributed by atoms with Crippen LogP contribution in [0.3, 0.4) is 0 Å². The fourth-order valence-corrected chi connectivity index (χ4v) is 1.62. The van der Waals surface area contributed by atoms with Crippen molar-refractivity contribution in [3.63, 3.8) is 0 Å². The molecule has 0 amide bonds. The van der Waals surface area contributed by atoms with Gasteiger partial charge < -0.3 is 4.89 Å². The molecule has 54 valence electrons. The van der Waals surface area contributed by atoms with Gasteiger partial charge in [-0.2, -0.15) is 0 Å². The molecule has 1 fully saturated rings. The second-order valence-corrected chi connectivity index (χ2v) is 3.31. The van der Waals surface area contributed by atoms with E-state index in [1.54, 1.807) is 0 Å². The van der Waals surface area contributed by atoms with Gasteiger partial charge in [0, 0.05) is 0 Å². The minimum atomic E-state index is -3.62. The first kappa shape index (κ1) is 7.22. The molecule has 0 spiro atoms. The Balaban J connectivity index is 2.47. The number of rotatable bonds is 1. The van der Waals surface area contributed by atoms with Crippen LogP contribution in [0.2, 0.25) is 0 Å². The molecular weight excluding hydrogens is 143 g/mol. The van der Waals surface area contributed by atoms with E-state index >= 15 is 0 Å². The molecule has 1 heterocycles. The van der Waals surface area contributed by atoms with Crippen LogP contribution in [0.15, 0.2) is 0 Å². The Morgan fingerprint density at radius 2 is 2.56 bits per heavy atom. The van der Waals surface area contributed by atoms with Crippen LogP contribution in [-0.2, 0) is 13.6 Å². The second kappa shape index (κ2) is 2.39. The molecule has 2 unspecified atom stereocenters. The van der Waals surface area contributed by atoms with Gasteiger partial charge in [-0.05, 0) is 6.42 Å². The molecule has 1 aliphatic rings. The lowest BCUT2D eigenvalue weighted by Crippen LogP contribution is -2.05. The van der Waals surface area contributed by atoms with Crippen LogP contribution in [0.1, 0.15) is 13.3 Å². The quantitative estimate of drug-likeness (QED) is 0.567. The Labute approximate surface area is 53.4 Å². The summed E-state index contributed by atoms with van der Waals surface area (Å²) in [5.41, 5.74) is 0. The molecular formula is C4H9O4P. The summed E-state index contributed by atoms with van der Waals surface area (Å²) in [6, 6.07) is 0. The van der Waals surface area contributed by atoms with Crippen LogP contribution in [0.5, 0.6) is 0 Å². The van der Waals surface area contributed by atoms with Gasteiger partial charge in [0.25, 0.3) is 0 Å². The largest absolute Gasteiger partial charge is 0.472 e. The summed E-state index contributed by atoms with van der Waals surface area (Å²) in [7, 11) is -3.62. The molecule has 4 nitrogen and oxygen atoms in total. The fraction of sp³-hybridized carbons (Fsp3) is 1.00. The first-order chi connectivity index (χ1) is 4.14. The van der Waals surface area contributed by atoms with Gasteiger partial charge in [0.15, 0.2) is 0 Å². The molecule has 0 saturated carbocycles. The van der Waals surface area contributed by atoms with Gasteiger partial charge >= 0.3 is 7.82 Å². The van der Waals surface area contributed by atoms with Crippen molar-refractivity contribution in [1.82, 2.24) is 0 Å². The summed E-state index contributed by atoms with van der Waals surface area (Å²) in [5, 5.41) is 0. The Bertz CT molecular complexity index is 146. The lowest BCUT2D eigenvalue weighted by atomic mass is 10.3. The summed E-state index contributed by atoms with van der Waals surface area (Å²) in [5.74, 6) is 0. The van der Waals surface area contributed by atoms with Crippen molar-refractivity contribution in [2.24, 2.45) is 0 Å². The summed E-state index contributed by atoms with van der Waals surface area (Å²) in [6.07, 6.45) is 0.519. The van der Waals surface area contributed by atoms with Gasteiger partial charge in [-0.3, -0.25) is 9.05 Å². The van der Waals surface area contributed by atoms with E-state index in [-0.39, 0.29) is 12.7 Å². The van der Waals surface area contributed by atoms with Gasteiger partial charge in [-0.15, -0.1) is 0 Å². The van der Waals surface area contributed by atoms with E-state index in [0.717, 1.165) is 0 Å². The maximum Gasteiger partial charge on any atom is 0.472 e. The standard InChI is InChI=1S/C4H9O4P/c1-2-4-3-7-9(5,6)8-4/h4H,2-3H2,1H3,(H,5,6). The van der Waals surface area contributed by atoms with Crippen molar-refractivity contribution in [1.29, 1.82) is 0 Å². The molecule has 0 bridgehead atoms. The lowest BCUT2D eigenvalue weighted by Gasteiger charge is -2.00. The lowest BCUT2D eigenvalue weighted by molar-refractivity contribution is 0.210. The average Bonchev–Trinajstić information content (AvgIpc) is 2.10. The third kappa shape index (κ3) is 1.76. The van der Waals surface area contributed by atoms with Crippen LogP contribution in [0.25, 0.3) is 0 Å². The number of hydrogen-bond donors (Lipinski definition) is 1. The Kier molecular flexibility index (Phi) is 1.91. The summed E-state index contributed by atoms with van der Waals surface area (Å²) in [4.78, 5) is 8.61. The van der Waals surface area contributed by atoms with Crippen molar-refractivity contribution >= 4 is 7.82 Å². The van der Waals surface area contributed by atoms with Crippen LogP contribution >= 0.6 is 7.82 Å². The molecule has 0 radical (unpaired) electrons. The normalized spacial score (nSPS) is 43.6. The molecule has 2 atom stereocenters. The van der Waals surface area contributed by atoms with E-state index in [1.165, 1.54) is 0 Å². The van der Waals surface area contributed by atoms with Gasteiger partial charge in [0.05, 0.1) is 12.7 Å². The van der Waals surface area contributed by atoms with E-state index in [1.807, 2.05) is 6.92 Å². The van der Waals surface area contributed by atoms with Gasteiger partial charge in [-0.25, -0.2) is 4.57 Å². The van der Waals surface area contributed by atoms with Crippen molar-refractivity contribution in [2.75, 3.05) is 6.61 Å². The zero-order valence-corrected chi connectivity index (χ0v) is 6.01. The Morgan fingerprint density at radius 1 is 1.89 bits per heavy atom. The monoisotopic (exact) mass is 152 g/mol. The number of hydrogen-bond acceptors (Lipinski definition) is 3. The van der Waals surface area contributed by atoms with Crippen molar-refractivity contribution in [3.05, 3.63) is 0 Å². The molecule has 1 N–H and O–H groups in total. The van der Waals surface area contributed by atoms with E-state index in [0.29, 0.717) is 6.42 Å². The molecule has 9 heavy (non-hydrogen) atoms.